The molecule has 0 aromatic heterocycles. The van der Waals surface area contributed by atoms with Gasteiger partial charge in [-0.25, -0.2) is 0 Å². The number of carbonyl (C=O) groups is 1. The molecule has 31 heavy (non-hydrogen) atoms. The van der Waals surface area contributed by atoms with Crippen LogP contribution in [-0.2, 0) is 9.47 Å². The van der Waals surface area contributed by atoms with E-state index in [1.165, 1.54) is 32.4 Å². The summed E-state index contributed by atoms with van der Waals surface area (Å²) in [7, 11) is 2.94. The Morgan fingerprint density at radius 2 is 1.84 bits per heavy atom. The van der Waals surface area contributed by atoms with E-state index < -0.39 is 5.78 Å². The summed E-state index contributed by atoms with van der Waals surface area (Å²) in [5.41, 5.74) is 1.41. The first-order valence-corrected chi connectivity index (χ1v) is 9.68. The van der Waals surface area contributed by atoms with E-state index in [2.05, 4.69) is 0 Å². The van der Waals surface area contributed by atoms with Gasteiger partial charge in [0, 0.05) is 31.9 Å². The molecule has 0 fully saturated rings. The summed E-state index contributed by atoms with van der Waals surface area (Å²) < 4.78 is 26.5. The summed E-state index contributed by atoms with van der Waals surface area (Å²) in [6, 6.07) is 8.50. The van der Waals surface area contributed by atoms with E-state index in [1.54, 1.807) is 6.08 Å². The Labute approximate surface area is 181 Å². The second kappa shape index (κ2) is 9.68. The Morgan fingerprint density at radius 1 is 1.10 bits per heavy atom. The second-order valence-electron chi connectivity index (χ2n) is 7.45. The van der Waals surface area contributed by atoms with E-state index in [0.29, 0.717) is 5.75 Å². The minimum atomic E-state index is -0.424. The quantitative estimate of drug-likeness (QED) is 0.361. The largest absolute Gasteiger partial charge is 0.507 e. The minimum Gasteiger partial charge on any atom is -0.507 e. The standard InChI is InChI=1S/C24H26O7/c1-24(2)10-9-17-11-16(6-8-21(17)31-24)5-7-19(25)23-20(26)12-18(29-14-27-3)13-22(23)30-15-28-4/h5-13,26H,14-15H2,1-4H3/b7-5-. The number of benzene rings is 2. The highest BCUT2D eigenvalue weighted by Gasteiger charge is 2.22. The molecule has 0 spiro atoms. The third-order valence-electron chi connectivity index (χ3n) is 4.48. The average Bonchev–Trinajstić information content (AvgIpc) is 2.73. The Kier molecular flexibility index (Phi) is 6.99. The molecule has 2 aromatic rings. The van der Waals surface area contributed by atoms with Gasteiger partial charge in [-0.05, 0) is 43.7 Å². The van der Waals surface area contributed by atoms with Crippen LogP contribution in [0.4, 0.5) is 0 Å². The maximum atomic E-state index is 12.9. The molecule has 0 radical (unpaired) electrons. The first kappa shape index (κ1) is 22.4. The molecular weight excluding hydrogens is 400 g/mol. The van der Waals surface area contributed by atoms with E-state index in [1.807, 2.05) is 44.2 Å². The highest BCUT2D eigenvalue weighted by atomic mass is 16.7. The molecule has 1 N–H and O–H groups in total. The van der Waals surface area contributed by atoms with Gasteiger partial charge in [-0.15, -0.1) is 0 Å². The Bertz CT molecular complexity index is 1010. The number of ketones is 1. The molecule has 0 bridgehead atoms. The zero-order valence-electron chi connectivity index (χ0n) is 18.0. The summed E-state index contributed by atoms with van der Waals surface area (Å²) in [4.78, 5) is 12.9. The molecule has 2 aromatic carbocycles. The normalized spacial score (nSPS) is 14.2. The number of allylic oxidation sites excluding steroid dienone is 1. The lowest BCUT2D eigenvalue weighted by atomic mass is 10.00. The lowest BCUT2D eigenvalue weighted by Gasteiger charge is -2.27. The first-order chi connectivity index (χ1) is 14.8. The molecule has 1 aliphatic heterocycles. The number of rotatable bonds is 9. The molecule has 3 rings (SSSR count). The maximum absolute atomic E-state index is 12.9. The number of carbonyl (C=O) groups excluding carboxylic acids is 1. The third kappa shape index (κ3) is 5.65. The molecule has 7 heteroatoms. The first-order valence-electron chi connectivity index (χ1n) is 9.68. The van der Waals surface area contributed by atoms with Crippen LogP contribution in [-0.4, -0.2) is 44.3 Å². The van der Waals surface area contributed by atoms with Crippen LogP contribution in [0.3, 0.4) is 0 Å². The number of phenolic OH excluding ortho intramolecular Hbond substituents is 1. The second-order valence-corrected chi connectivity index (χ2v) is 7.45. The molecule has 0 saturated heterocycles. The Morgan fingerprint density at radius 3 is 2.58 bits per heavy atom. The lowest BCUT2D eigenvalue weighted by molar-refractivity contribution is 0.0453. The van der Waals surface area contributed by atoms with Crippen LogP contribution in [0.1, 0.15) is 35.3 Å². The lowest BCUT2D eigenvalue weighted by Crippen LogP contribution is -2.27. The van der Waals surface area contributed by atoms with E-state index >= 15 is 0 Å². The van der Waals surface area contributed by atoms with Crippen molar-refractivity contribution in [2.75, 3.05) is 27.8 Å². The van der Waals surface area contributed by atoms with Crippen LogP contribution in [0.5, 0.6) is 23.0 Å². The number of ether oxygens (including phenoxy) is 5. The molecule has 1 heterocycles. The van der Waals surface area contributed by atoms with Crippen LogP contribution < -0.4 is 14.2 Å². The predicted molar refractivity (Wildman–Crippen MR) is 117 cm³/mol. The Balaban J connectivity index is 1.84. The van der Waals surface area contributed by atoms with Crippen molar-refractivity contribution in [2.24, 2.45) is 0 Å². The summed E-state index contributed by atoms with van der Waals surface area (Å²) in [5, 5.41) is 10.4. The summed E-state index contributed by atoms with van der Waals surface area (Å²) >= 11 is 0. The number of phenols is 1. The molecular formula is C24H26O7. The molecule has 0 atom stereocenters. The van der Waals surface area contributed by atoms with Gasteiger partial charge in [-0.3, -0.25) is 4.79 Å². The smallest absolute Gasteiger partial charge is 0.193 e. The zero-order chi connectivity index (χ0) is 22.4. The molecule has 0 unspecified atom stereocenters. The van der Waals surface area contributed by atoms with Gasteiger partial charge in [0.25, 0.3) is 0 Å². The zero-order valence-corrected chi connectivity index (χ0v) is 18.0. The fourth-order valence-electron chi connectivity index (χ4n) is 3.03. The number of hydrogen-bond donors (Lipinski definition) is 1. The molecule has 0 aliphatic carbocycles. The third-order valence-corrected chi connectivity index (χ3v) is 4.48. The Hall–Kier alpha value is -3.29. The minimum absolute atomic E-state index is 0.00990. The molecule has 1 aliphatic rings. The van der Waals surface area contributed by atoms with Crippen molar-refractivity contribution in [2.45, 2.75) is 19.4 Å². The van der Waals surface area contributed by atoms with E-state index in [4.69, 9.17) is 23.7 Å². The molecule has 7 nitrogen and oxygen atoms in total. The van der Waals surface area contributed by atoms with Gasteiger partial charge in [0.1, 0.15) is 34.2 Å². The van der Waals surface area contributed by atoms with Gasteiger partial charge in [-0.2, -0.15) is 0 Å². The monoisotopic (exact) mass is 426 g/mol. The fourth-order valence-corrected chi connectivity index (χ4v) is 3.03. The van der Waals surface area contributed by atoms with Crippen LogP contribution >= 0.6 is 0 Å². The van der Waals surface area contributed by atoms with E-state index in [-0.39, 0.29) is 36.2 Å². The van der Waals surface area contributed by atoms with Gasteiger partial charge >= 0.3 is 0 Å². The van der Waals surface area contributed by atoms with Gasteiger partial charge in [0.05, 0.1) is 0 Å². The van der Waals surface area contributed by atoms with Gasteiger partial charge in [0.15, 0.2) is 19.4 Å². The highest BCUT2D eigenvalue weighted by molar-refractivity contribution is 6.10. The topological polar surface area (TPSA) is 83.5 Å². The number of hydrogen-bond acceptors (Lipinski definition) is 7. The summed E-state index contributed by atoms with van der Waals surface area (Å²) in [6.07, 6.45) is 7.03. The fraction of sp³-hybridized carbons (Fsp3) is 0.292. The average molecular weight is 426 g/mol. The van der Waals surface area contributed by atoms with Gasteiger partial charge < -0.3 is 28.8 Å². The van der Waals surface area contributed by atoms with Gasteiger partial charge in [0.2, 0.25) is 0 Å². The van der Waals surface area contributed by atoms with Crippen molar-refractivity contribution < 1.29 is 33.6 Å². The number of aromatic hydroxyl groups is 1. The van der Waals surface area contributed by atoms with Gasteiger partial charge in [-0.1, -0.05) is 18.2 Å². The summed E-state index contributed by atoms with van der Waals surface area (Å²) in [6.45, 7) is 3.87. The number of fused-ring (bicyclic) bond motifs is 1. The molecule has 164 valence electrons. The van der Waals surface area contributed by atoms with E-state index in [9.17, 15) is 9.90 Å². The summed E-state index contributed by atoms with van der Waals surface area (Å²) in [5.74, 6) is 0.545. The van der Waals surface area contributed by atoms with Crippen molar-refractivity contribution in [1.29, 1.82) is 0 Å². The SMILES string of the molecule is COCOc1cc(O)c(C(=O)/C=C\c2ccc3c(c2)C=CC(C)(C)O3)c(OCOC)c1. The van der Waals surface area contributed by atoms with Crippen LogP contribution in [0, 0.1) is 0 Å². The molecule has 0 saturated carbocycles. The van der Waals surface area contributed by atoms with Crippen LogP contribution in [0.15, 0.2) is 42.5 Å². The van der Waals surface area contributed by atoms with Crippen molar-refractivity contribution in [3.8, 4) is 23.0 Å². The number of methoxy groups -OCH3 is 2. The van der Waals surface area contributed by atoms with Crippen LogP contribution in [0.25, 0.3) is 12.2 Å². The highest BCUT2D eigenvalue weighted by Crippen LogP contribution is 2.35. The van der Waals surface area contributed by atoms with E-state index in [0.717, 1.165) is 16.9 Å². The molecule has 0 amide bonds. The van der Waals surface area contributed by atoms with Crippen molar-refractivity contribution in [3.05, 3.63) is 59.2 Å². The van der Waals surface area contributed by atoms with Crippen molar-refractivity contribution >= 4 is 17.9 Å². The van der Waals surface area contributed by atoms with Crippen molar-refractivity contribution in [1.82, 2.24) is 0 Å². The predicted octanol–water partition coefficient (Wildman–Crippen LogP) is 4.44. The maximum Gasteiger partial charge on any atom is 0.193 e. The van der Waals surface area contributed by atoms with Crippen molar-refractivity contribution in [3.63, 3.8) is 0 Å². The van der Waals surface area contributed by atoms with Crippen LogP contribution in [0.2, 0.25) is 0 Å².